The lowest BCUT2D eigenvalue weighted by atomic mass is 9.81. The molecule has 1 aliphatic carbocycles. The minimum absolute atomic E-state index is 0.868. The van der Waals surface area contributed by atoms with E-state index in [4.69, 9.17) is 0 Å². The fraction of sp³-hybridized carbons (Fsp3) is 1.00. The van der Waals surface area contributed by atoms with Crippen molar-refractivity contribution in [2.24, 2.45) is 11.8 Å². The first-order valence-electron chi connectivity index (χ1n) is 5.79. The van der Waals surface area contributed by atoms with Gasteiger partial charge in [-0.05, 0) is 37.8 Å². The largest absolute Gasteiger partial charge is 0.390 e. The second-order valence-electron chi connectivity index (χ2n) is 5.05. The van der Waals surface area contributed by atoms with Crippen LogP contribution < -0.4 is 0 Å². The van der Waals surface area contributed by atoms with Gasteiger partial charge in [-0.2, -0.15) is 0 Å². The topological polar surface area (TPSA) is 3.24 Å². The Kier molecular flexibility index (Phi) is 4.80. The second-order valence-corrected chi connectivity index (χ2v) is 6.46. The maximum absolute atomic E-state index is 2.57. The van der Waals surface area contributed by atoms with Gasteiger partial charge < -0.3 is 3.88 Å². The van der Waals surface area contributed by atoms with Gasteiger partial charge in [0, 0.05) is 0 Å². The molecule has 1 aliphatic rings. The molecule has 2 heteroatoms. The number of hydrogen-bond donors (Lipinski definition) is 0. The van der Waals surface area contributed by atoms with Crippen molar-refractivity contribution in [1.82, 2.24) is 3.88 Å². The van der Waals surface area contributed by atoms with Crippen LogP contribution in [0.2, 0.25) is 0 Å². The molecule has 1 saturated carbocycles. The lowest BCUT2D eigenvalue weighted by Crippen LogP contribution is -2.41. The standard InChI is InChI=1S/C11H22N.Al.2H/c1-9-7-5-4-6-8-10(2)11(9)12-3;;;/h9-11H,4-8H2,1-3H3;;;/q-1;+1;;. The maximum atomic E-state index is 2.57. The Bertz CT molecular complexity index is 135. The van der Waals surface area contributed by atoms with Gasteiger partial charge in [-0.15, -0.1) is 0 Å². The first kappa shape index (κ1) is 11.6. The minimum atomic E-state index is 0.868. The highest BCUT2D eigenvalue weighted by Crippen LogP contribution is 2.28. The van der Waals surface area contributed by atoms with Gasteiger partial charge in [-0.3, -0.25) is 0 Å². The van der Waals surface area contributed by atoms with Gasteiger partial charge in [0.05, 0.1) is 0 Å². The first-order valence-corrected chi connectivity index (χ1v) is 6.68. The molecule has 0 heterocycles. The van der Waals surface area contributed by atoms with Gasteiger partial charge in [0.25, 0.3) is 0 Å². The minimum Gasteiger partial charge on any atom is -0.390 e. The van der Waals surface area contributed by atoms with Gasteiger partial charge >= 0.3 is 16.5 Å². The molecule has 0 aromatic heterocycles. The number of nitrogens with zero attached hydrogens (tertiary/aromatic N) is 1. The molecule has 0 spiro atoms. The van der Waals surface area contributed by atoms with Crippen LogP contribution in [0.15, 0.2) is 0 Å². The Morgan fingerprint density at radius 2 is 1.46 bits per heavy atom. The molecule has 1 nitrogen and oxygen atoms in total. The molecule has 0 radical (unpaired) electrons. The van der Waals surface area contributed by atoms with Crippen molar-refractivity contribution in [2.45, 2.75) is 52.0 Å². The van der Waals surface area contributed by atoms with E-state index in [2.05, 4.69) is 24.8 Å². The number of rotatable bonds is 1. The van der Waals surface area contributed by atoms with Crippen LogP contribution in [0.4, 0.5) is 0 Å². The van der Waals surface area contributed by atoms with E-state index in [9.17, 15) is 0 Å². The average molecular weight is 197 g/mol. The summed E-state index contributed by atoms with van der Waals surface area (Å²) in [6.45, 7) is 4.89. The van der Waals surface area contributed by atoms with E-state index in [0.717, 1.165) is 17.9 Å². The summed E-state index contributed by atoms with van der Waals surface area (Å²) in [7, 11) is 2.30. The Labute approximate surface area is 91.5 Å². The van der Waals surface area contributed by atoms with Crippen LogP contribution in [0, 0.1) is 11.8 Å². The van der Waals surface area contributed by atoms with Crippen LogP contribution in [-0.4, -0.2) is 33.5 Å². The quantitative estimate of drug-likeness (QED) is 0.582. The smallest absolute Gasteiger partial charge is 0.321 e. The highest BCUT2D eigenvalue weighted by molar-refractivity contribution is 6.04. The third-order valence-corrected chi connectivity index (χ3v) is 4.18. The van der Waals surface area contributed by atoms with Crippen molar-refractivity contribution < 1.29 is 0 Å². The summed E-state index contributed by atoms with van der Waals surface area (Å²) in [5.41, 5.74) is 0. The predicted octanol–water partition coefficient (Wildman–Crippen LogP) is 2.07. The van der Waals surface area contributed by atoms with Crippen molar-refractivity contribution >= 4 is 16.5 Å². The summed E-state index contributed by atoms with van der Waals surface area (Å²) >= 11 is 1.22. The van der Waals surface area contributed by atoms with E-state index >= 15 is 0 Å². The average Bonchev–Trinajstić information content (AvgIpc) is 2.00. The van der Waals surface area contributed by atoms with E-state index in [1.54, 1.807) is 0 Å². The lowest BCUT2D eigenvalue weighted by molar-refractivity contribution is 0.178. The zero-order valence-electron chi connectivity index (χ0n) is 9.71. The summed E-state index contributed by atoms with van der Waals surface area (Å²) in [6, 6.07) is 0.868. The zero-order valence-corrected chi connectivity index (χ0v) is 11.7. The molecule has 0 aromatic carbocycles. The Morgan fingerprint density at radius 1 is 1.00 bits per heavy atom. The van der Waals surface area contributed by atoms with E-state index in [-0.39, 0.29) is 0 Å². The third-order valence-electron chi connectivity index (χ3n) is 3.58. The van der Waals surface area contributed by atoms with Crippen LogP contribution >= 0.6 is 0 Å². The van der Waals surface area contributed by atoms with Gasteiger partial charge in [-0.25, -0.2) is 0 Å². The summed E-state index contributed by atoms with van der Waals surface area (Å²) in [4.78, 5) is 0. The molecule has 13 heavy (non-hydrogen) atoms. The second kappa shape index (κ2) is 5.39. The Balaban J connectivity index is 2.59. The molecule has 2 unspecified atom stereocenters. The fourth-order valence-electron chi connectivity index (χ4n) is 3.03. The van der Waals surface area contributed by atoms with Crippen LogP contribution in [0.25, 0.3) is 0 Å². The molecule has 1 fully saturated rings. The SMILES string of the molecule is CC1CCCCCC(C)C1[N](C)[AlH2]. The van der Waals surface area contributed by atoms with Gasteiger partial charge in [0.15, 0.2) is 0 Å². The van der Waals surface area contributed by atoms with Crippen molar-refractivity contribution in [3.63, 3.8) is 0 Å². The lowest BCUT2D eigenvalue weighted by Gasteiger charge is -2.38. The molecule has 0 aromatic rings. The zero-order chi connectivity index (χ0) is 9.84. The molecule has 0 saturated heterocycles. The van der Waals surface area contributed by atoms with Crippen molar-refractivity contribution in [2.75, 3.05) is 7.05 Å². The van der Waals surface area contributed by atoms with Gasteiger partial charge in [0.2, 0.25) is 0 Å². The van der Waals surface area contributed by atoms with E-state index in [0.29, 0.717) is 0 Å². The molecular weight excluding hydrogens is 173 g/mol. The Morgan fingerprint density at radius 3 is 1.85 bits per heavy atom. The molecule has 0 N–H and O–H groups in total. The highest BCUT2D eigenvalue weighted by Gasteiger charge is 2.25. The van der Waals surface area contributed by atoms with E-state index in [1.165, 1.54) is 48.6 Å². The summed E-state index contributed by atoms with van der Waals surface area (Å²) in [5.74, 6) is 1.83. The normalized spacial score (nSPS) is 37.1. The van der Waals surface area contributed by atoms with Gasteiger partial charge in [-0.1, -0.05) is 33.1 Å². The molecule has 1 rings (SSSR count). The van der Waals surface area contributed by atoms with Gasteiger partial charge in [0.1, 0.15) is 0 Å². The van der Waals surface area contributed by atoms with Crippen molar-refractivity contribution in [3.05, 3.63) is 0 Å². The molecule has 2 atom stereocenters. The molecular formula is C11H24AlN. The molecule has 0 bridgehead atoms. The van der Waals surface area contributed by atoms with Crippen molar-refractivity contribution in [1.29, 1.82) is 0 Å². The maximum Gasteiger partial charge on any atom is 0.321 e. The van der Waals surface area contributed by atoms with Crippen LogP contribution in [0.5, 0.6) is 0 Å². The van der Waals surface area contributed by atoms with Crippen LogP contribution in [0.3, 0.4) is 0 Å². The highest BCUT2D eigenvalue weighted by atomic mass is 27.1. The molecule has 0 aliphatic heterocycles. The Hall–Kier alpha value is 0.492. The fourth-order valence-corrected chi connectivity index (χ4v) is 4.05. The van der Waals surface area contributed by atoms with E-state index < -0.39 is 0 Å². The predicted molar refractivity (Wildman–Crippen MR) is 61.5 cm³/mol. The monoisotopic (exact) mass is 197 g/mol. The molecule has 76 valence electrons. The van der Waals surface area contributed by atoms with Crippen LogP contribution in [-0.2, 0) is 0 Å². The summed E-state index contributed by atoms with van der Waals surface area (Å²) in [5, 5.41) is 0. The van der Waals surface area contributed by atoms with Crippen molar-refractivity contribution in [3.8, 4) is 0 Å². The van der Waals surface area contributed by atoms with E-state index in [1.807, 2.05) is 0 Å². The van der Waals surface area contributed by atoms with Crippen LogP contribution in [0.1, 0.15) is 46.0 Å². The summed E-state index contributed by atoms with van der Waals surface area (Å²) in [6.07, 6.45) is 7.27. The first-order chi connectivity index (χ1) is 6.13. The number of hydrogen-bond acceptors (Lipinski definition) is 1. The third kappa shape index (κ3) is 3.28. The summed E-state index contributed by atoms with van der Waals surface area (Å²) < 4.78 is 2.57. The molecule has 0 amide bonds.